The van der Waals surface area contributed by atoms with E-state index in [-0.39, 0.29) is 0 Å². The highest BCUT2D eigenvalue weighted by Gasteiger charge is 2.32. The molecular weight excluding hydrogens is 236 g/mol. The first-order valence-corrected chi connectivity index (χ1v) is 7.31. The second kappa shape index (κ2) is 4.15. The van der Waals surface area contributed by atoms with Crippen LogP contribution in [0.5, 0.6) is 0 Å². The molecule has 1 saturated carbocycles. The molecule has 4 heteroatoms. The fourth-order valence-electron chi connectivity index (χ4n) is 3.72. The number of fused-ring (bicyclic) bond motifs is 3. The Labute approximate surface area is 113 Å². The SMILES string of the molecule is CC1CCCCC1N1CNc2cnc3[nH]ccc3c21. The number of anilines is 2. The maximum atomic E-state index is 4.47. The normalized spacial score (nSPS) is 26.5. The van der Waals surface area contributed by atoms with E-state index in [2.05, 4.69) is 33.2 Å². The van der Waals surface area contributed by atoms with E-state index in [0.717, 1.165) is 18.2 Å². The number of rotatable bonds is 1. The van der Waals surface area contributed by atoms with E-state index in [0.29, 0.717) is 6.04 Å². The Morgan fingerprint density at radius 2 is 2.21 bits per heavy atom. The average Bonchev–Trinajstić information content (AvgIpc) is 3.04. The van der Waals surface area contributed by atoms with Gasteiger partial charge in [-0.25, -0.2) is 4.98 Å². The Balaban J connectivity index is 1.80. The molecule has 4 rings (SSSR count). The van der Waals surface area contributed by atoms with Crippen molar-refractivity contribution in [3.05, 3.63) is 18.5 Å². The van der Waals surface area contributed by atoms with E-state index in [1.165, 1.54) is 42.4 Å². The summed E-state index contributed by atoms with van der Waals surface area (Å²) >= 11 is 0. The molecule has 0 radical (unpaired) electrons. The molecule has 19 heavy (non-hydrogen) atoms. The maximum absolute atomic E-state index is 4.47. The fourth-order valence-corrected chi connectivity index (χ4v) is 3.72. The molecule has 2 aromatic heterocycles. The summed E-state index contributed by atoms with van der Waals surface area (Å²) in [6.07, 6.45) is 9.37. The Bertz CT molecular complexity index is 603. The van der Waals surface area contributed by atoms with Crippen molar-refractivity contribution in [2.75, 3.05) is 16.9 Å². The van der Waals surface area contributed by atoms with Crippen molar-refractivity contribution < 1.29 is 0 Å². The molecule has 1 aliphatic heterocycles. The van der Waals surface area contributed by atoms with E-state index >= 15 is 0 Å². The maximum Gasteiger partial charge on any atom is 0.139 e. The minimum absolute atomic E-state index is 0.669. The number of hydrogen-bond donors (Lipinski definition) is 2. The molecule has 1 aliphatic carbocycles. The second-order valence-electron chi connectivity index (χ2n) is 5.89. The highest BCUT2D eigenvalue weighted by atomic mass is 15.3. The zero-order valence-corrected chi connectivity index (χ0v) is 11.3. The lowest BCUT2D eigenvalue weighted by Crippen LogP contribution is -2.41. The van der Waals surface area contributed by atoms with Gasteiger partial charge in [-0.3, -0.25) is 0 Å². The van der Waals surface area contributed by atoms with Crippen LogP contribution in [-0.2, 0) is 0 Å². The number of aromatic amines is 1. The van der Waals surface area contributed by atoms with Crippen molar-refractivity contribution in [1.82, 2.24) is 9.97 Å². The third-order valence-corrected chi connectivity index (χ3v) is 4.75. The summed E-state index contributed by atoms with van der Waals surface area (Å²) in [5.74, 6) is 0.781. The zero-order chi connectivity index (χ0) is 12.8. The van der Waals surface area contributed by atoms with Gasteiger partial charge in [-0.1, -0.05) is 19.8 Å². The van der Waals surface area contributed by atoms with Crippen molar-refractivity contribution in [2.45, 2.75) is 38.6 Å². The van der Waals surface area contributed by atoms with Crippen molar-refractivity contribution in [2.24, 2.45) is 5.92 Å². The molecule has 2 N–H and O–H groups in total. The Kier molecular flexibility index (Phi) is 2.43. The van der Waals surface area contributed by atoms with Crippen molar-refractivity contribution >= 4 is 22.4 Å². The number of nitrogens with zero attached hydrogens (tertiary/aromatic N) is 2. The van der Waals surface area contributed by atoms with Crippen LogP contribution >= 0.6 is 0 Å². The monoisotopic (exact) mass is 256 g/mol. The van der Waals surface area contributed by atoms with Gasteiger partial charge in [0.05, 0.1) is 24.2 Å². The van der Waals surface area contributed by atoms with Gasteiger partial charge in [0.2, 0.25) is 0 Å². The highest BCUT2D eigenvalue weighted by Crippen LogP contribution is 2.41. The number of H-pyrrole nitrogens is 1. The van der Waals surface area contributed by atoms with Crippen LogP contribution in [-0.4, -0.2) is 22.7 Å². The topological polar surface area (TPSA) is 44.0 Å². The van der Waals surface area contributed by atoms with E-state index < -0.39 is 0 Å². The molecule has 2 unspecified atom stereocenters. The fraction of sp³-hybridized carbons (Fsp3) is 0.533. The largest absolute Gasteiger partial charge is 0.365 e. The van der Waals surface area contributed by atoms with Gasteiger partial charge in [0.1, 0.15) is 5.65 Å². The molecule has 2 atom stereocenters. The summed E-state index contributed by atoms with van der Waals surface area (Å²) in [7, 11) is 0. The number of hydrogen-bond acceptors (Lipinski definition) is 3. The van der Waals surface area contributed by atoms with Gasteiger partial charge in [0.15, 0.2) is 0 Å². The van der Waals surface area contributed by atoms with Crippen LogP contribution in [0.15, 0.2) is 18.5 Å². The van der Waals surface area contributed by atoms with Gasteiger partial charge >= 0.3 is 0 Å². The summed E-state index contributed by atoms with van der Waals surface area (Å²) in [6.45, 7) is 3.33. The van der Waals surface area contributed by atoms with Crippen LogP contribution in [0.2, 0.25) is 0 Å². The van der Waals surface area contributed by atoms with Crippen LogP contribution in [0.3, 0.4) is 0 Å². The molecular formula is C15H20N4. The number of nitrogens with one attached hydrogen (secondary N) is 2. The van der Waals surface area contributed by atoms with Crippen LogP contribution in [0.4, 0.5) is 11.4 Å². The summed E-state index contributed by atoms with van der Waals surface area (Å²) in [5.41, 5.74) is 3.53. The zero-order valence-electron chi connectivity index (χ0n) is 11.3. The molecule has 1 fully saturated rings. The predicted octanol–water partition coefficient (Wildman–Crippen LogP) is 3.33. The predicted molar refractivity (Wildman–Crippen MR) is 78.5 cm³/mol. The van der Waals surface area contributed by atoms with Gasteiger partial charge in [-0.15, -0.1) is 0 Å². The van der Waals surface area contributed by atoms with Gasteiger partial charge in [-0.05, 0) is 24.8 Å². The Morgan fingerprint density at radius 3 is 3.11 bits per heavy atom. The third kappa shape index (κ3) is 1.62. The summed E-state index contributed by atoms with van der Waals surface area (Å²) < 4.78 is 0. The van der Waals surface area contributed by atoms with Crippen LogP contribution in [0.1, 0.15) is 32.6 Å². The molecule has 100 valence electrons. The van der Waals surface area contributed by atoms with E-state index in [4.69, 9.17) is 0 Å². The quantitative estimate of drug-likeness (QED) is 0.822. The lowest BCUT2D eigenvalue weighted by molar-refractivity contribution is 0.318. The first-order chi connectivity index (χ1) is 9.34. The summed E-state index contributed by atoms with van der Waals surface area (Å²) in [5, 5.41) is 4.75. The van der Waals surface area contributed by atoms with Crippen molar-refractivity contribution in [1.29, 1.82) is 0 Å². The van der Waals surface area contributed by atoms with Crippen LogP contribution in [0.25, 0.3) is 11.0 Å². The first kappa shape index (κ1) is 11.1. The smallest absolute Gasteiger partial charge is 0.139 e. The van der Waals surface area contributed by atoms with Crippen LogP contribution in [0, 0.1) is 5.92 Å². The van der Waals surface area contributed by atoms with Crippen molar-refractivity contribution in [3.8, 4) is 0 Å². The molecule has 0 spiro atoms. The van der Waals surface area contributed by atoms with Gasteiger partial charge < -0.3 is 15.2 Å². The van der Waals surface area contributed by atoms with E-state index in [9.17, 15) is 0 Å². The molecule has 0 saturated heterocycles. The van der Waals surface area contributed by atoms with Gasteiger partial charge in [0.25, 0.3) is 0 Å². The minimum atomic E-state index is 0.669. The van der Waals surface area contributed by atoms with Gasteiger partial charge in [0, 0.05) is 17.6 Å². The van der Waals surface area contributed by atoms with E-state index in [1.807, 2.05) is 12.4 Å². The standard InChI is InChI=1S/C15H20N4/c1-10-4-2-3-5-13(10)19-9-18-12-8-17-15-11(14(12)19)6-7-16-15/h6-8,10,13,18H,2-5,9H2,1H3,(H,16,17). The average molecular weight is 256 g/mol. The second-order valence-corrected chi connectivity index (χ2v) is 5.89. The third-order valence-electron chi connectivity index (χ3n) is 4.75. The molecule has 2 aliphatic rings. The molecule has 0 bridgehead atoms. The minimum Gasteiger partial charge on any atom is -0.365 e. The molecule has 0 amide bonds. The van der Waals surface area contributed by atoms with Gasteiger partial charge in [-0.2, -0.15) is 0 Å². The summed E-state index contributed by atoms with van der Waals surface area (Å²) in [6, 6.07) is 2.82. The molecule has 2 aromatic rings. The molecule has 3 heterocycles. The highest BCUT2D eigenvalue weighted by molar-refractivity contribution is 5.98. The molecule has 4 nitrogen and oxygen atoms in total. The first-order valence-electron chi connectivity index (χ1n) is 7.31. The lowest BCUT2D eigenvalue weighted by atomic mass is 9.85. The molecule has 0 aromatic carbocycles. The number of aromatic nitrogens is 2. The summed E-state index contributed by atoms with van der Waals surface area (Å²) in [4.78, 5) is 10.3. The Hall–Kier alpha value is -1.71. The van der Waals surface area contributed by atoms with Crippen LogP contribution < -0.4 is 10.2 Å². The van der Waals surface area contributed by atoms with Crippen molar-refractivity contribution in [3.63, 3.8) is 0 Å². The van der Waals surface area contributed by atoms with E-state index in [1.54, 1.807) is 0 Å². The lowest BCUT2D eigenvalue weighted by Gasteiger charge is -2.37. The number of pyridine rings is 1. The Morgan fingerprint density at radius 1 is 1.32 bits per heavy atom.